The van der Waals surface area contributed by atoms with Crippen molar-refractivity contribution in [3.63, 3.8) is 0 Å². The van der Waals surface area contributed by atoms with Crippen LogP contribution in [0.5, 0.6) is 5.75 Å². The zero-order valence-corrected chi connectivity index (χ0v) is 22.4. The van der Waals surface area contributed by atoms with Gasteiger partial charge in [0.2, 0.25) is 0 Å². The molecule has 2 fully saturated rings. The third-order valence-corrected chi connectivity index (χ3v) is 9.80. The fraction of sp³-hybridized carbons (Fsp3) is 0.760. The van der Waals surface area contributed by atoms with Crippen LogP contribution in [0.1, 0.15) is 49.7 Å². The van der Waals surface area contributed by atoms with Gasteiger partial charge >= 0.3 is 0 Å². The zero-order valence-electron chi connectivity index (χ0n) is 20.4. The summed E-state index contributed by atoms with van der Waals surface area (Å²) in [5.41, 5.74) is 3.35. The quantitative estimate of drug-likeness (QED) is 0.477. The van der Waals surface area contributed by atoms with Crippen molar-refractivity contribution < 1.29 is 13.6 Å². The van der Waals surface area contributed by atoms with E-state index in [9.17, 15) is 0 Å². The van der Waals surface area contributed by atoms with E-state index in [0.29, 0.717) is 11.8 Å². The third-order valence-electron chi connectivity index (χ3n) is 7.83. The van der Waals surface area contributed by atoms with Gasteiger partial charge in [-0.15, -0.1) is 0 Å². The largest absolute Gasteiger partial charge is 0.497 e. The maximum atomic E-state index is 6.93. The number of hydrogen-bond acceptors (Lipinski definition) is 3. The Bertz CT molecular complexity index is 782. The van der Waals surface area contributed by atoms with Crippen LogP contribution in [0.25, 0.3) is 0 Å². The second-order valence-electron chi connectivity index (χ2n) is 12.2. The van der Waals surface area contributed by atoms with Crippen molar-refractivity contribution in [1.82, 2.24) is 0 Å². The molecule has 5 heteroatoms. The van der Waals surface area contributed by atoms with E-state index >= 15 is 0 Å². The number of rotatable bonds is 5. The smallest absolute Gasteiger partial charge is 0.184 e. The summed E-state index contributed by atoms with van der Waals surface area (Å²) in [5.74, 6) is 3.15. The minimum absolute atomic E-state index is 0.246. The number of methoxy groups -OCH3 is 1. The van der Waals surface area contributed by atoms with Gasteiger partial charge in [0, 0.05) is 0 Å². The molecule has 0 bridgehead atoms. The van der Waals surface area contributed by atoms with E-state index in [0.717, 1.165) is 11.7 Å². The highest BCUT2D eigenvalue weighted by molar-refractivity contribution is 6.70. The van der Waals surface area contributed by atoms with Crippen LogP contribution in [-0.4, -0.2) is 36.0 Å². The predicted molar refractivity (Wildman–Crippen MR) is 129 cm³/mol. The van der Waals surface area contributed by atoms with Gasteiger partial charge in [0.25, 0.3) is 0 Å². The molecular weight excluding hydrogens is 404 g/mol. The maximum Gasteiger partial charge on any atom is 0.184 e. The highest BCUT2D eigenvalue weighted by Crippen LogP contribution is 2.62. The molecule has 0 radical (unpaired) electrons. The van der Waals surface area contributed by atoms with Crippen molar-refractivity contribution in [3.05, 3.63) is 29.3 Å². The van der Waals surface area contributed by atoms with Gasteiger partial charge in [0.1, 0.15) is 5.75 Å². The Morgan fingerprint density at radius 3 is 2.30 bits per heavy atom. The van der Waals surface area contributed by atoms with Gasteiger partial charge in [0.05, 0.1) is 19.3 Å². The molecule has 3 aliphatic rings. The average molecular weight is 447 g/mol. The lowest BCUT2D eigenvalue weighted by atomic mass is 9.55. The molecule has 30 heavy (non-hydrogen) atoms. The predicted octanol–water partition coefficient (Wildman–Crippen LogP) is 6.60. The molecule has 3 nitrogen and oxygen atoms in total. The Labute approximate surface area is 186 Å². The second-order valence-corrected chi connectivity index (χ2v) is 21.1. The van der Waals surface area contributed by atoms with Crippen LogP contribution in [0.3, 0.4) is 0 Å². The molecule has 1 aromatic rings. The SMILES string of the molecule is COc1ccc2c(c1)CCC1C2CCC2(C)C1CC(O[Si](C)(C)C)C2O[Si](C)(C)C. The first-order chi connectivity index (χ1) is 13.9. The van der Waals surface area contributed by atoms with Gasteiger partial charge in [-0.25, -0.2) is 0 Å². The molecule has 0 aromatic heterocycles. The number of benzene rings is 1. The fourth-order valence-electron chi connectivity index (χ4n) is 6.78. The summed E-state index contributed by atoms with van der Waals surface area (Å²) in [5, 5.41) is 0. The summed E-state index contributed by atoms with van der Waals surface area (Å²) in [7, 11) is -1.51. The topological polar surface area (TPSA) is 27.7 Å². The van der Waals surface area contributed by atoms with Crippen molar-refractivity contribution in [2.75, 3.05) is 7.11 Å². The molecule has 4 rings (SSSR count). The Balaban J connectivity index is 1.65. The number of ether oxygens (including phenoxy) is 1. The zero-order chi connectivity index (χ0) is 21.9. The molecule has 0 heterocycles. The van der Waals surface area contributed by atoms with Crippen LogP contribution >= 0.6 is 0 Å². The Morgan fingerprint density at radius 2 is 1.67 bits per heavy atom. The molecule has 0 aliphatic heterocycles. The standard InChI is InChI=1S/C25H42O3Si2/c1-25-14-13-20-19-12-10-18(26-2)15-17(19)9-11-21(20)22(25)16-23(27-29(3,4)5)24(25)28-30(6,7)8/h10,12,15,20-24H,9,11,13-14,16H2,1-8H3. The maximum absolute atomic E-state index is 6.93. The van der Waals surface area contributed by atoms with Gasteiger partial charge in [-0.2, -0.15) is 0 Å². The average Bonchev–Trinajstić information content (AvgIpc) is 2.90. The Morgan fingerprint density at radius 1 is 0.967 bits per heavy atom. The molecule has 3 aliphatic carbocycles. The fourth-order valence-corrected chi connectivity index (χ4v) is 9.10. The minimum atomic E-state index is -1.65. The lowest BCUT2D eigenvalue weighted by molar-refractivity contribution is -0.0363. The first-order valence-corrected chi connectivity index (χ1v) is 18.8. The summed E-state index contributed by atoms with van der Waals surface area (Å²) in [6.07, 6.45) is 6.73. The molecule has 0 spiro atoms. The summed E-state index contributed by atoms with van der Waals surface area (Å²) >= 11 is 0. The van der Waals surface area contributed by atoms with Crippen LogP contribution < -0.4 is 4.74 Å². The van der Waals surface area contributed by atoms with E-state index in [1.54, 1.807) is 12.7 Å². The number of hydrogen-bond donors (Lipinski definition) is 0. The van der Waals surface area contributed by atoms with E-state index in [-0.39, 0.29) is 17.6 Å². The monoisotopic (exact) mass is 446 g/mol. The van der Waals surface area contributed by atoms with E-state index in [1.807, 2.05) is 0 Å². The molecule has 2 saturated carbocycles. The minimum Gasteiger partial charge on any atom is -0.497 e. The molecule has 0 amide bonds. The summed E-state index contributed by atoms with van der Waals surface area (Å²) in [6, 6.07) is 6.80. The Hall–Kier alpha value is -0.626. The van der Waals surface area contributed by atoms with Crippen molar-refractivity contribution in [1.29, 1.82) is 0 Å². The normalized spacial score (nSPS) is 36.1. The number of fused-ring (bicyclic) bond motifs is 5. The molecule has 1 aromatic carbocycles. The highest BCUT2D eigenvalue weighted by atomic mass is 28.4. The highest BCUT2D eigenvalue weighted by Gasteiger charge is 2.60. The summed E-state index contributed by atoms with van der Waals surface area (Å²) in [4.78, 5) is 0. The van der Waals surface area contributed by atoms with Crippen molar-refractivity contribution >= 4 is 16.6 Å². The van der Waals surface area contributed by atoms with Gasteiger partial charge < -0.3 is 13.6 Å². The molecular formula is C25H42O3Si2. The van der Waals surface area contributed by atoms with E-state index in [2.05, 4.69) is 64.4 Å². The number of aryl methyl sites for hydroxylation is 1. The third kappa shape index (κ3) is 4.19. The van der Waals surface area contributed by atoms with Crippen LogP contribution in [0.15, 0.2) is 18.2 Å². The molecule has 6 atom stereocenters. The second kappa shape index (κ2) is 7.75. The van der Waals surface area contributed by atoms with E-state index in [1.165, 1.54) is 37.7 Å². The van der Waals surface area contributed by atoms with Gasteiger partial charge in [-0.1, -0.05) is 13.0 Å². The van der Waals surface area contributed by atoms with Crippen molar-refractivity contribution in [2.24, 2.45) is 17.3 Å². The van der Waals surface area contributed by atoms with Gasteiger partial charge in [-0.3, -0.25) is 0 Å². The van der Waals surface area contributed by atoms with E-state index in [4.69, 9.17) is 13.6 Å². The molecule has 0 saturated heterocycles. The van der Waals surface area contributed by atoms with Crippen molar-refractivity contribution in [2.45, 2.75) is 96.4 Å². The first kappa shape index (κ1) is 22.6. The van der Waals surface area contributed by atoms with Gasteiger partial charge in [-0.05, 0) is 118 Å². The van der Waals surface area contributed by atoms with E-state index < -0.39 is 16.6 Å². The molecule has 6 unspecified atom stereocenters. The lowest BCUT2D eigenvalue weighted by Crippen LogP contribution is -2.50. The van der Waals surface area contributed by atoms with Crippen LogP contribution in [0.4, 0.5) is 0 Å². The Kier molecular flexibility index (Phi) is 5.83. The first-order valence-electron chi connectivity index (χ1n) is 11.9. The lowest BCUT2D eigenvalue weighted by Gasteiger charge is -2.51. The van der Waals surface area contributed by atoms with Gasteiger partial charge in [0.15, 0.2) is 16.6 Å². The van der Waals surface area contributed by atoms with Crippen LogP contribution in [0, 0.1) is 17.3 Å². The molecule has 0 N–H and O–H groups in total. The molecule has 168 valence electrons. The summed E-state index contributed by atoms with van der Waals surface area (Å²) in [6.45, 7) is 16.5. The van der Waals surface area contributed by atoms with Crippen LogP contribution in [-0.2, 0) is 15.3 Å². The van der Waals surface area contributed by atoms with Crippen molar-refractivity contribution in [3.8, 4) is 5.75 Å². The summed E-state index contributed by atoms with van der Waals surface area (Å²) < 4.78 is 19.2. The van der Waals surface area contributed by atoms with Crippen LogP contribution in [0.2, 0.25) is 39.3 Å².